The molecule has 0 radical (unpaired) electrons. The fourth-order valence-electron chi connectivity index (χ4n) is 3.83. The van der Waals surface area contributed by atoms with Gasteiger partial charge in [0, 0.05) is 23.4 Å². The van der Waals surface area contributed by atoms with Crippen molar-refractivity contribution in [2.75, 3.05) is 0 Å². The van der Waals surface area contributed by atoms with Gasteiger partial charge in [0.15, 0.2) is 0 Å². The summed E-state index contributed by atoms with van der Waals surface area (Å²) in [6.45, 7) is 0.297. The van der Waals surface area contributed by atoms with E-state index >= 15 is 0 Å². The minimum absolute atomic E-state index is 0.119. The van der Waals surface area contributed by atoms with Gasteiger partial charge < -0.3 is 4.57 Å². The van der Waals surface area contributed by atoms with Crippen molar-refractivity contribution in [1.29, 1.82) is 0 Å². The molecule has 3 aromatic carbocycles. The summed E-state index contributed by atoms with van der Waals surface area (Å²) in [6.07, 6.45) is 3.42. The molecule has 0 saturated carbocycles. The molecule has 0 bridgehead atoms. The summed E-state index contributed by atoms with van der Waals surface area (Å²) in [7, 11) is 0. The van der Waals surface area contributed by atoms with Crippen molar-refractivity contribution >= 4 is 0 Å². The van der Waals surface area contributed by atoms with Crippen LogP contribution in [0.5, 0.6) is 0 Å². The first-order valence-electron chi connectivity index (χ1n) is 10.3. The van der Waals surface area contributed by atoms with Gasteiger partial charge in [0.05, 0.1) is 24.1 Å². The summed E-state index contributed by atoms with van der Waals surface area (Å²) >= 11 is 0. The summed E-state index contributed by atoms with van der Waals surface area (Å²) in [4.78, 5) is 12.2. The molecule has 2 aromatic heterocycles. The van der Waals surface area contributed by atoms with E-state index in [9.17, 15) is 9.18 Å². The first-order valence-corrected chi connectivity index (χ1v) is 10.3. The Hall–Kier alpha value is -4.25. The number of aromatic nitrogens is 3. The van der Waals surface area contributed by atoms with Gasteiger partial charge >= 0.3 is 0 Å². The molecule has 0 amide bonds. The summed E-state index contributed by atoms with van der Waals surface area (Å²) in [5.74, 6) is -0.336. The van der Waals surface area contributed by atoms with Crippen LogP contribution in [0.15, 0.2) is 114 Å². The third kappa shape index (κ3) is 3.76. The molecule has 2 heterocycles. The topological polar surface area (TPSA) is 39.8 Å². The Kier molecular flexibility index (Phi) is 5.22. The van der Waals surface area contributed by atoms with E-state index < -0.39 is 0 Å². The molecule has 0 unspecified atom stereocenters. The second kappa shape index (κ2) is 8.47. The van der Waals surface area contributed by atoms with Crippen LogP contribution in [-0.4, -0.2) is 14.3 Å². The molecule has 5 aromatic rings. The van der Waals surface area contributed by atoms with E-state index in [-0.39, 0.29) is 11.4 Å². The summed E-state index contributed by atoms with van der Waals surface area (Å²) in [5, 5.41) is 4.57. The van der Waals surface area contributed by atoms with Crippen molar-refractivity contribution in [3.63, 3.8) is 0 Å². The van der Waals surface area contributed by atoms with Crippen LogP contribution in [0, 0.1) is 5.82 Å². The average Bonchev–Trinajstić information content (AvgIpc) is 3.25. The normalized spacial score (nSPS) is 10.9. The monoisotopic (exact) mass is 421 g/mol. The molecule has 0 fully saturated rings. The van der Waals surface area contributed by atoms with E-state index in [4.69, 9.17) is 0 Å². The number of rotatable bonds is 5. The fraction of sp³-hybridized carbons (Fsp3) is 0.0370. The van der Waals surface area contributed by atoms with Gasteiger partial charge in [0.25, 0.3) is 5.56 Å². The fourth-order valence-corrected chi connectivity index (χ4v) is 3.83. The summed E-state index contributed by atoms with van der Waals surface area (Å²) in [6, 6.07) is 29.8. The zero-order valence-electron chi connectivity index (χ0n) is 17.2. The number of benzene rings is 3. The Morgan fingerprint density at radius 3 is 2.19 bits per heavy atom. The largest absolute Gasteiger partial charge is 0.311 e. The molecular formula is C27H20FN3O. The SMILES string of the molecule is O=c1ccccn1Cc1cnn(-c2ccc(-c3ccccc3)cc2)c1-c1ccccc1F. The molecule has 0 saturated heterocycles. The first kappa shape index (κ1) is 19.7. The van der Waals surface area contributed by atoms with E-state index in [0.29, 0.717) is 17.8 Å². The van der Waals surface area contributed by atoms with E-state index in [1.807, 2.05) is 42.5 Å². The van der Waals surface area contributed by atoms with Crippen molar-refractivity contribution in [1.82, 2.24) is 14.3 Å². The minimum atomic E-state index is -0.336. The van der Waals surface area contributed by atoms with Crippen molar-refractivity contribution in [2.45, 2.75) is 6.54 Å². The maximum atomic E-state index is 14.8. The standard InChI is InChI=1S/C27H20FN3O/c28-25-11-5-4-10-24(25)27-22(19-30-17-7-6-12-26(30)32)18-29-31(27)23-15-13-21(14-16-23)20-8-2-1-3-9-20/h1-18H,19H2. The Morgan fingerprint density at radius 1 is 0.750 bits per heavy atom. The molecular weight excluding hydrogens is 401 g/mol. The predicted octanol–water partition coefficient (Wildman–Crippen LogP) is 5.56. The molecule has 5 rings (SSSR count). The molecule has 0 aliphatic heterocycles. The lowest BCUT2D eigenvalue weighted by Crippen LogP contribution is -2.18. The lowest BCUT2D eigenvalue weighted by atomic mass is 10.0. The zero-order chi connectivity index (χ0) is 21.9. The summed E-state index contributed by atoms with van der Waals surface area (Å²) in [5.41, 5.74) is 4.74. The third-order valence-corrected chi connectivity index (χ3v) is 5.43. The molecule has 4 nitrogen and oxygen atoms in total. The molecule has 0 atom stereocenters. The second-order valence-electron chi connectivity index (χ2n) is 7.49. The smallest absolute Gasteiger partial charge is 0.250 e. The Balaban J connectivity index is 1.61. The van der Waals surface area contributed by atoms with Crippen LogP contribution >= 0.6 is 0 Å². The van der Waals surface area contributed by atoms with Gasteiger partial charge in [-0.25, -0.2) is 9.07 Å². The maximum absolute atomic E-state index is 14.8. The Labute approximate surface area is 184 Å². The molecule has 0 N–H and O–H groups in total. The highest BCUT2D eigenvalue weighted by Crippen LogP contribution is 2.30. The lowest BCUT2D eigenvalue weighted by molar-refractivity contribution is 0.629. The number of hydrogen-bond acceptors (Lipinski definition) is 2. The number of nitrogens with zero attached hydrogens (tertiary/aromatic N) is 3. The van der Waals surface area contributed by atoms with Crippen LogP contribution in [0.25, 0.3) is 28.1 Å². The van der Waals surface area contributed by atoms with Gasteiger partial charge in [-0.15, -0.1) is 0 Å². The van der Waals surface area contributed by atoms with E-state index in [2.05, 4.69) is 17.2 Å². The van der Waals surface area contributed by atoms with Crippen LogP contribution < -0.4 is 5.56 Å². The van der Waals surface area contributed by atoms with Gasteiger partial charge in [-0.05, 0) is 41.5 Å². The summed E-state index contributed by atoms with van der Waals surface area (Å²) < 4.78 is 18.1. The van der Waals surface area contributed by atoms with Gasteiger partial charge in [0.2, 0.25) is 0 Å². The van der Waals surface area contributed by atoms with Crippen molar-refractivity contribution in [3.8, 4) is 28.1 Å². The van der Waals surface area contributed by atoms with Crippen LogP contribution in [-0.2, 0) is 6.54 Å². The highest BCUT2D eigenvalue weighted by atomic mass is 19.1. The maximum Gasteiger partial charge on any atom is 0.250 e. The third-order valence-electron chi connectivity index (χ3n) is 5.43. The minimum Gasteiger partial charge on any atom is -0.311 e. The molecule has 0 aliphatic carbocycles. The van der Waals surface area contributed by atoms with Crippen molar-refractivity contribution < 1.29 is 4.39 Å². The van der Waals surface area contributed by atoms with Gasteiger partial charge in [0.1, 0.15) is 5.82 Å². The lowest BCUT2D eigenvalue weighted by Gasteiger charge is -2.12. The molecule has 0 spiro atoms. The zero-order valence-corrected chi connectivity index (χ0v) is 17.2. The van der Waals surface area contributed by atoms with Crippen molar-refractivity contribution in [2.24, 2.45) is 0 Å². The molecule has 5 heteroatoms. The highest BCUT2D eigenvalue weighted by Gasteiger charge is 2.18. The van der Waals surface area contributed by atoms with Crippen LogP contribution in [0.4, 0.5) is 4.39 Å². The van der Waals surface area contributed by atoms with Gasteiger partial charge in [-0.3, -0.25) is 4.79 Å². The highest BCUT2D eigenvalue weighted by molar-refractivity contribution is 5.68. The number of halogens is 1. The average molecular weight is 421 g/mol. The number of pyridine rings is 1. The predicted molar refractivity (Wildman–Crippen MR) is 124 cm³/mol. The Bertz CT molecular complexity index is 1420. The first-order chi connectivity index (χ1) is 15.7. The van der Waals surface area contributed by atoms with Crippen LogP contribution in [0.1, 0.15) is 5.56 Å². The second-order valence-corrected chi connectivity index (χ2v) is 7.49. The quantitative estimate of drug-likeness (QED) is 0.373. The van der Waals surface area contributed by atoms with E-state index in [1.54, 1.807) is 52.0 Å². The Morgan fingerprint density at radius 2 is 1.44 bits per heavy atom. The van der Waals surface area contributed by atoms with Crippen LogP contribution in [0.2, 0.25) is 0 Å². The van der Waals surface area contributed by atoms with Gasteiger partial charge in [-0.2, -0.15) is 5.10 Å². The molecule has 32 heavy (non-hydrogen) atoms. The van der Waals surface area contributed by atoms with Crippen LogP contribution in [0.3, 0.4) is 0 Å². The van der Waals surface area contributed by atoms with Gasteiger partial charge in [-0.1, -0.05) is 60.7 Å². The van der Waals surface area contributed by atoms with Crippen molar-refractivity contribution in [3.05, 3.63) is 131 Å². The van der Waals surface area contributed by atoms with E-state index in [0.717, 1.165) is 22.4 Å². The number of hydrogen-bond donors (Lipinski definition) is 0. The molecule has 156 valence electrons. The van der Waals surface area contributed by atoms with E-state index in [1.165, 1.54) is 12.1 Å². The molecule has 0 aliphatic rings.